The second kappa shape index (κ2) is 10.9. The van der Waals surface area contributed by atoms with Crippen molar-refractivity contribution in [2.45, 2.75) is 20.5 Å². The second-order valence-corrected chi connectivity index (χ2v) is 6.52. The van der Waals surface area contributed by atoms with E-state index in [1.807, 2.05) is 50.2 Å². The standard InChI is InChI=1S/C21H25N3O3S/c1-4-26-18-9-11-19(12-10-18)27-14-16-5-7-17(8-6-16)20(25)23-24-21(28)22-13-15(2)3/h5-12H,2,4,13-14H2,1,3H3,(H,23,25)(H2,22,24,28). The maximum Gasteiger partial charge on any atom is 0.269 e. The third kappa shape index (κ3) is 7.28. The number of hydrazine groups is 1. The number of hydrogen-bond donors (Lipinski definition) is 3. The van der Waals surface area contributed by atoms with Crippen LogP contribution in [0.1, 0.15) is 29.8 Å². The summed E-state index contributed by atoms with van der Waals surface area (Å²) < 4.78 is 11.2. The number of benzene rings is 2. The molecule has 148 valence electrons. The SMILES string of the molecule is C=C(C)CNC(=S)NNC(=O)c1ccc(COc2ccc(OCC)cc2)cc1. The Morgan fingerprint density at radius 2 is 1.61 bits per heavy atom. The van der Waals surface area contributed by atoms with E-state index >= 15 is 0 Å². The molecule has 3 N–H and O–H groups in total. The molecule has 2 aromatic carbocycles. The van der Waals surface area contributed by atoms with Crippen LogP contribution in [0.4, 0.5) is 0 Å². The summed E-state index contributed by atoms with van der Waals surface area (Å²) in [5, 5.41) is 3.25. The lowest BCUT2D eigenvalue weighted by molar-refractivity contribution is 0.0943. The Labute approximate surface area is 170 Å². The molecular weight excluding hydrogens is 374 g/mol. The van der Waals surface area contributed by atoms with E-state index in [-0.39, 0.29) is 5.91 Å². The van der Waals surface area contributed by atoms with E-state index in [1.54, 1.807) is 12.1 Å². The van der Waals surface area contributed by atoms with Crippen LogP contribution in [0.3, 0.4) is 0 Å². The van der Waals surface area contributed by atoms with Crippen molar-refractivity contribution in [3.63, 3.8) is 0 Å². The Morgan fingerprint density at radius 1 is 1.00 bits per heavy atom. The number of nitrogens with one attached hydrogen (secondary N) is 3. The molecule has 0 fully saturated rings. The number of carbonyl (C=O) groups is 1. The molecule has 2 rings (SSSR count). The molecule has 0 spiro atoms. The van der Waals surface area contributed by atoms with Crippen molar-refractivity contribution < 1.29 is 14.3 Å². The number of amides is 1. The molecule has 1 amide bonds. The van der Waals surface area contributed by atoms with Crippen LogP contribution in [0, 0.1) is 0 Å². The van der Waals surface area contributed by atoms with E-state index < -0.39 is 0 Å². The monoisotopic (exact) mass is 399 g/mol. The van der Waals surface area contributed by atoms with Gasteiger partial charge in [-0.25, -0.2) is 0 Å². The van der Waals surface area contributed by atoms with Crippen LogP contribution in [-0.4, -0.2) is 24.2 Å². The fourth-order valence-electron chi connectivity index (χ4n) is 2.18. The maximum atomic E-state index is 12.1. The minimum atomic E-state index is -0.279. The van der Waals surface area contributed by atoms with Crippen molar-refractivity contribution in [2.75, 3.05) is 13.2 Å². The highest BCUT2D eigenvalue weighted by molar-refractivity contribution is 7.80. The van der Waals surface area contributed by atoms with Gasteiger partial charge in [0.1, 0.15) is 18.1 Å². The van der Waals surface area contributed by atoms with Crippen molar-refractivity contribution in [3.05, 3.63) is 71.8 Å². The zero-order valence-electron chi connectivity index (χ0n) is 16.1. The van der Waals surface area contributed by atoms with E-state index in [2.05, 4.69) is 22.7 Å². The number of hydrogen-bond acceptors (Lipinski definition) is 4. The van der Waals surface area contributed by atoms with E-state index in [4.69, 9.17) is 21.7 Å². The molecule has 28 heavy (non-hydrogen) atoms. The average molecular weight is 400 g/mol. The van der Waals surface area contributed by atoms with E-state index in [9.17, 15) is 4.79 Å². The summed E-state index contributed by atoms with van der Waals surface area (Å²) in [5.41, 5.74) is 7.62. The van der Waals surface area contributed by atoms with Gasteiger partial charge in [0.2, 0.25) is 0 Å². The Morgan fingerprint density at radius 3 is 2.18 bits per heavy atom. The van der Waals surface area contributed by atoms with Gasteiger partial charge in [-0.05, 0) is 68.0 Å². The van der Waals surface area contributed by atoms with Crippen molar-refractivity contribution >= 4 is 23.2 Å². The molecule has 0 heterocycles. The highest BCUT2D eigenvalue weighted by atomic mass is 32.1. The summed E-state index contributed by atoms with van der Waals surface area (Å²) in [6.45, 7) is 9.18. The highest BCUT2D eigenvalue weighted by Gasteiger charge is 2.06. The van der Waals surface area contributed by atoms with Gasteiger partial charge in [0.25, 0.3) is 5.91 Å². The van der Waals surface area contributed by atoms with Crippen LogP contribution in [0.5, 0.6) is 11.5 Å². The molecule has 7 heteroatoms. The predicted octanol–water partition coefficient (Wildman–Crippen LogP) is 3.35. The molecule has 0 saturated heterocycles. The molecule has 0 bridgehead atoms. The molecule has 6 nitrogen and oxygen atoms in total. The van der Waals surface area contributed by atoms with E-state index in [1.165, 1.54) is 0 Å². The van der Waals surface area contributed by atoms with Crippen molar-refractivity contribution in [2.24, 2.45) is 0 Å². The van der Waals surface area contributed by atoms with Gasteiger partial charge in [0.15, 0.2) is 5.11 Å². The van der Waals surface area contributed by atoms with Crippen LogP contribution in [-0.2, 0) is 6.61 Å². The fourth-order valence-corrected chi connectivity index (χ4v) is 2.30. The Hall–Kier alpha value is -3.06. The molecule has 0 unspecified atom stereocenters. The molecule has 0 aliphatic rings. The van der Waals surface area contributed by atoms with Gasteiger partial charge in [-0.2, -0.15) is 0 Å². The molecule has 2 aromatic rings. The Kier molecular flexibility index (Phi) is 8.30. The summed E-state index contributed by atoms with van der Waals surface area (Å²) in [4.78, 5) is 12.1. The van der Waals surface area contributed by atoms with Gasteiger partial charge in [-0.15, -0.1) is 0 Å². The summed E-state index contributed by atoms with van der Waals surface area (Å²) in [6.07, 6.45) is 0. The smallest absolute Gasteiger partial charge is 0.269 e. The largest absolute Gasteiger partial charge is 0.494 e. The number of carbonyl (C=O) groups excluding carboxylic acids is 1. The lowest BCUT2D eigenvalue weighted by Gasteiger charge is -2.12. The molecule has 0 atom stereocenters. The van der Waals surface area contributed by atoms with Crippen LogP contribution < -0.4 is 25.6 Å². The van der Waals surface area contributed by atoms with Gasteiger partial charge in [-0.1, -0.05) is 24.3 Å². The zero-order chi connectivity index (χ0) is 20.4. The zero-order valence-corrected chi connectivity index (χ0v) is 16.9. The predicted molar refractivity (Wildman–Crippen MR) is 114 cm³/mol. The van der Waals surface area contributed by atoms with Gasteiger partial charge in [0.05, 0.1) is 6.61 Å². The quantitative estimate of drug-likeness (QED) is 0.359. The van der Waals surface area contributed by atoms with E-state index in [0.717, 1.165) is 22.6 Å². The molecule has 0 aromatic heterocycles. The third-order valence-corrected chi connectivity index (χ3v) is 3.84. The summed E-state index contributed by atoms with van der Waals surface area (Å²) in [6, 6.07) is 14.6. The van der Waals surface area contributed by atoms with Crippen LogP contribution in [0.2, 0.25) is 0 Å². The van der Waals surface area contributed by atoms with Gasteiger partial charge in [-0.3, -0.25) is 15.6 Å². The lowest BCUT2D eigenvalue weighted by Crippen LogP contribution is -2.47. The highest BCUT2D eigenvalue weighted by Crippen LogP contribution is 2.18. The minimum Gasteiger partial charge on any atom is -0.494 e. The topological polar surface area (TPSA) is 71.6 Å². The molecular formula is C21H25N3O3S. The van der Waals surface area contributed by atoms with Gasteiger partial charge in [0, 0.05) is 12.1 Å². The first-order valence-corrected chi connectivity index (χ1v) is 9.32. The van der Waals surface area contributed by atoms with Crippen LogP contribution in [0.25, 0.3) is 0 Å². The normalized spacial score (nSPS) is 9.93. The molecule has 0 aliphatic heterocycles. The van der Waals surface area contributed by atoms with Crippen molar-refractivity contribution in [1.82, 2.24) is 16.2 Å². The first-order valence-electron chi connectivity index (χ1n) is 8.91. The molecule has 0 radical (unpaired) electrons. The van der Waals surface area contributed by atoms with Gasteiger partial charge >= 0.3 is 0 Å². The van der Waals surface area contributed by atoms with Crippen LogP contribution >= 0.6 is 12.2 Å². The molecule has 0 aliphatic carbocycles. The Bertz CT molecular complexity index is 805. The Balaban J connectivity index is 1.79. The number of thiocarbonyl (C=S) groups is 1. The van der Waals surface area contributed by atoms with E-state index in [0.29, 0.717) is 30.4 Å². The molecule has 0 saturated carbocycles. The maximum absolute atomic E-state index is 12.1. The van der Waals surface area contributed by atoms with Crippen LogP contribution in [0.15, 0.2) is 60.7 Å². The second-order valence-electron chi connectivity index (χ2n) is 6.11. The van der Waals surface area contributed by atoms with Crippen molar-refractivity contribution in [1.29, 1.82) is 0 Å². The summed E-state index contributed by atoms with van der Waals surface area (Å²) >= 11 is 5.06. The number of rotatable bonds is 8. The third-order valence-electron chi connectivity index (χ3n) is 3.60. The summed E-state index contributed by atoms with van der Waals surface area (Å²) in [5.74, 6) is 1.29. The minimum absolute atomic E-state index is 0.279. The first-order chi connectivity index (χ1) is 13.5. The first kappa shape index (κ1) is 21.2. The average Bonchev–Trinajstić information content (AvgIpc) is 2.70. The number of ether oxygens (including phenoxy) is 2. The lowest BCUT2D eigenvalue weighted by atomic mass is 10.1. The summed E-state index contributed by atoms with van der Waals surface area (Å²) in [7, 11) is 0. The van der Waals surface area contributed by atoms with Gasteiger partial charge < -0.3 is 14.8 Å². The fraction of sp³-hybridized carbons (Fsp3) is 0.238. The van der Waals surface area contributed by atoms with Crippen molar-refractivity contribution in [3.8, 4) is 11.5 Å².